The molecule has 10 heteroatoms. The number of hydrogen-bond acceptors (Lipinski definition) is 7. The number of methoxy groups -OCH3 is 1. The minimum absolute atomic E-state index is 0.101. The number of anilines is 1. The van der Waals surface area contributed by atoms with Gasteiger partial charge in [-0.05, 0) is 67.3 Å². The van der Waals surface area contributed by atoms with E-state index in [1.165, 1.54) is 41.2 Å². The quantitative estimate of drug-likeness (QED) is 0.504. The van der Waals surface area contributed by atoms with Crippen molar-refractivity contribution in [3.8, 4) is 0 Å². The summed E-state index contributed by atoms with van der Waals surface area (Å²) < 4.78 is 4.70. The van der Waals surface area contributed by atoms with Gasteiger partial charge < -0.3 is 24.8 Å². The van der Waals surface area contributed by atoms with E-state index in [-0.39, 0.29) is 36.0 Å². The van der Waals surface area contributed by atoms with Gasteiger partial charge in [0.15, 0.2) is 5.78 Å². The number of nitrogens with one attached hydrogen (secondary N) is 1. The lowest BCUT2D eigenvalue weighted by atomic mass is 10.0. The Kier molecular flexibility index (Phi) is 8.56. The molecule has 1 N–H and O–H groups in total. The van der Waals surface area contributed by atoms with E-state index in [2.05, 4.69) is 5.32 Å². The van der Waals surface area contributed by atoms with Gasteiger partial charge in [0.1, 0.15) is 12.1 Å². The average Bonchev–Trinajstić information content (AvgIpc) is 3.52. The minimum Gasteiger partial charge on any atom is -0.465 e. The smallest absolute Gasteiger partial charge is 0.337 e. The molecule has 2 fully saturated rings. The number of likely N-dealkylation sites (tertiary alicyclic amines) is 2. The van der Waals surface area contributed by atoms with Crippen LogP contribution < -0.4 is 10.2 Å². The molecule has 2 aliphatic rings. The van der Waals surface area contributed by atoms with Crippen LogP contribution in [0.5, 0.6) is 0 Å². The van der Waals surface area contributed by atoms with Gasteiger partial charge in [-0.2, -0.15) is 0 Å². The van der Waals surface area contributed by atoms with Gasteiger partial charge in [-0.25, -0.2) is 4.79 Å². The molecular formula is C30H36N4O6. The zero-order valence-electron chi connectivity index (χ0n) is 23.5. The number of ketones is 1. The number of rotatable bonds is 8. The fourth-order valence-electron chi connectivity index (χ4n) is 5.42. The van der Waals surface area contributed by atoms with Gasteiger partial charge in [0.2, 0.25) is 5.91 Å². The van der Waals surface area contributed by atoms with Crippen LogP contribution in [0.25, 0.3) is 0 Å². The highest BCUT2D eigenvalue weighted by Gasteiger charge is 2.52. The topological polar surface area (TPSA) is 116 Å². The SMILES string of the molecule is COC(=O)c1ccc(C(=O)N2CC(=O)[C@@H]3[C@H]2CCN3C(=O)[C@H](CC(C)C)NC(=O)c2ccc(N(C)C)cc2)cc1. The number of nitrogens with zero attached hydrogens (tertiary/aromatic N) is 3. The van der Waals surface area contributed by atoms with Crippen molar-refractivity contribution in [2.75, 3.05) is 39.2 Å². The van der Waals surface area contributed by atoms with Crippen molar-refractivity contribution >= 4 is 35.2 Å². The normalized spacial score (nSPS) is 18.9. The molecule has 0 saturated carbocycles. The second-order valence-electron chi connectivity index (χ2n) is 10.9. The van der Waals surface area contributed by atoms with E-state index in [4.69, 9.17) is 4.74 Å². The summed E-state index contributed by atoms with van der Waals surface area (Å²) in [5.74, 6) is -1.60. The van der Waals surface area contributed by atoms with E-state index in [1.807, 2.05) is 45.0 Å². The molecular weight excluding hydrogens is 512 g/mol. The summed E-state index contributed by atoms with van der Waals surface area (Å²) in [7, 11) is 5.11. The van der Waals surface area contributed by atoms with Crippen LogP contribution in [0.15, 0.2) is 48.5 Å². The van der Waals surface area contributed by atoms with Gasteiger partial charge in [0, 0.05) is 37.5 Å². The number of carbonyl (C=O) groups excluding carboxylic acids is 5. The van der Waals surface area contributed by atoms with Crippen molar-refractivity contribution in [2.45, 2.75) is 44.8 Å². The lowest BCUT2D eigenvalue weighted by Gasteiger charge is -2.29. The zero-order chi connectivity index (χ0) is 29.1. The number of benzene rings is 2. The van der Waals surface area contributed by atoms with Crippen molar-refractivity contribution in [3.05, 3.63) is 65.2 Å². The highest BCUT2D eigenvalue weighted by molar-refractivity contribution is 6.04. The standard InChI is InChI=1S/C30H36N4O6/c1-18(2)16-23(31-27(36)19-10-12-22(13-11-19)32(3)4)29(38)33-15-14-24-26(33)25(35)17-34(24)28(37)20-6-8-21(9-7-20)30(39)40-5/h6-13,18,23-24,26H,14-17H2,1-5H3,(H,31,36)/t23-,24+,26-/m0/s1. The molecule has 0 radical (unpaired) electrons. The first kappa shape index (κ1) is 28.8. The summed E-state index contributed by atoms with van der Waals surface area (Å²) in [5.41, 5.74) is 2.06. The monoisotopic (exact) mass is 548 g/mol. The fourth-order valence-corrected chi connectivity index (χ4v) is 5.42. The van der Waals surface area contributed by atoms with Gasteiger partial charge in [-0.15, -0.1) is 0 Å². The molecule has 10 nitrogen and oxygen atoms in total. The van der Waals surface area contributed by atoms with Crippen molar-refractivity contribution < 1.29 is 28.7 Å². The van der Waals surface area contributed by atoms with Crippen LogP contribution in [0, 0.1) is 5.92 Å². The summed E-state index contributed by atoms with van der Waals surface area (Å²) in [6.07, 6.45) is 0.875. The van der Waals surface area contributed by atoms with Crippen molar-refractivity contribution in [2.24, 2.45) is 5.92 Å². The Labute approximate surface area is 234 Å². The molecule has 0 aromatic heterocycles. The lowest BCUT2D eigenvalue weighted by Crippen LogP contribution is -2.53. The molecule has 3 atom stereocenters. The van der Waals surface area contributed by atoms with E-state index in [0.717, 1.165) is 5.69 Å². The number of carbonyl (C=O) groups is 5. The molecule has 3 amide bonds. The molecule has 2 aromatic rings. The molecule has 2 aliphatic heterocycles. The molecule has 2 saturated heterocycles. The maximum Gasteiger partial charge on any atom is 0.337 e. The van der Waals surface area contributed by atoms with E-state index in [1.54, 1.807) is 12.1 Å². The second kappa shape index (κ2) is 11.9. The highest BCUT2D eigenvalue weighted by Crippen LogP contribution is 2.32. The number of fused-ring (bicyclic) bond motifs is 1. The summed E-state index contributed by atoms with van der Waals surface area (Å²) >= 11 is 0. The van der Waals surface area contributed by atoms with Gasteiger partial charge >= 0.3 is 5.97 Å². The second-order valence-corrected chi connectivity index (χ2v) is 10.9. The Morgan fingerprint density at radius 2 is 1.55 bits per heavy atom. The van der Waals surface area contributed by atoms with E-state index in [9.17, 15) is 24.0 Å². The molecule has 212 valence electrons. The summed E-state index contributed by atoms with van der Waals surface area (Å²) in [4.78, 5) is 70.0. The van der Waals surface area contributed by atoms with Crippen molar-refractivity contribution in [1.82, 2.24) is 15.1 Å². The predicted octanol–water partition coefficient (Wildman–Crippen LogP) is 2.38. The van der Waals surface area contributed by atoms with Crippen LogP contribution in [0.1, 0.15) is 57.8 Å². The van der Waals surface area contributed by atoms with Crippen molar-refractivity contribution in [1.29, 1.82) is 0 Å². The highest BCUT2D eigenvalue weighted by atomic mass is 16.5. The predicted molar refractivity (Wildman–Crippen MR) is 149 cm³/mol. The van der Waals surface area contributed by atoms with Gasteiger partial charge in [0.05, 0.1) is 25.3 Å². The van der Waals surface area contributed by atoms with Crippen LogP contribution in [0.2, 0.25) is 0 Å². The minimum atomic E-state index is -0.803. The number of ether oxygens (including phenoxy) is 1. The number of esters is 1. The first-order chi connectivity index (χ1) is 19.0. The third kappa shape index (κ3) is 5.85. The maximum atomic E-state index is 13.8. The first-order valence-electron chi connectivity index (χ1n) is 13.4. The van der Waals surface area contributed by atoms with Gasteiger partial charge in [-0.1, -0.05) is 13.8 Å². The Bertz CT molecular complexity index is 1290. The number of Topliss-reactive ketones (excluding diaryl/α,β-unsaturated/α-hetero) is 1. The maximum absolute atomic E-state index is 13.8. The summed E-state index contributed by atoms with van der Waals surface area (Å²) in [6.45, 7) is 4.15. The van der Waals surface area contributed by atoms with Crippen LogP contribution >= 0.6 is 0 Å². The molecule has 2 aromatic carbocycles. The third-order valence-electron chi connectivity index (χ3n) is 7.48. The first-order valence-corrected chi connectivity index (χ1v) is 13.4. The van der Waals surface area contributed by atoms with Gasteiger partial charge in [-0.3, -0.25) is 19.2 Å². The zero-order valence-corrected chi connectivity index (χ0v) is 23.5. The van der Waals surface area contributed by atoms with Crippen LogP contribution in [0.4, 0.5) is 5.69 Å². The average molecular weight is 549 g/mol. The Balaban J connectivity index is 1.48. The van der Waals surface area contributed by atoms with Gasteiger partial charge in [0.25, 0.3) is 11.8 Å². The summed E-state index contributed by atoms with van der Waals surface area (Å²) in [5, 5.41) is 2.89. The fraction of sp³-hybridized carbons (Fsp3) is 0.433. The number of hydrogen-bond donors (Lipinski definition) is 1. The van der Waals surface area contributed by atoms with Crippen molar-refractivity contribution in [3.63, 3.8) is 0 Å². The van der Waals surface area contributed by atoms with Crippen LogP contribution in [-0.4, -0.2) is 91.7 Å². The molecule has 0 aliphatic carbocycles. The molecule has 0 bridgehead atoms. The van der Waals surface area contributed by atoms with E-state index in [0.29, 0.717) is 36.1 Å². The molecule has 2 heterocycles. The largest absolute Gasteiger partial charge is 0.465 e. The summed E-state index contributed by atoms with van der Waals surface area (Å²) in [6, 6.07) is 11.2. The molecule has 0 unspecified atom stereocenters. The van der Waals surface area contributed by atoms with E-state index < -0.39 is 24.1 Å². The van der Waals surface area contributed by atoms with Crippen LogP contribution in [0.3, 0.4) is 0 Å². The Morgan fingerprint density at radius 1 is 0.950 bits per heavy atom. The lowest BCUT2D eigenvalue weighted by molar-refractivity contribution is -0.138. The Hall–Kier alpha value is -4.21. The number of amides is 3. The third-order valence-corrected chi connectivity index (χ3v) is 7.48. The molecule has 4 rings (SSSR count). The Morgan fingerprint density at radius 3 is 2.12 bits per heavy atom. The van der Waals surface area contributed by atoms with Crippen LogP contribution in [-0.2, 0) is 14.3 Å². The molecule has 0 spiro atoms. The van der Waals surface area contributed by atoms with E-state index >= 15 is 0 Å². The molecule has 40 heavy (non-hydrogen) atoms.